The Labute approximate surface area is 108 Å². The Morgan fingerprint density at radius 3 is 2.53 bits per heavy atom. The highest BCUT2D eigenvalue weighted by atomic mass is 32.2. The van der Waals surface area contributed by atoms with Gasteiger partial charge >= 0.3 is 16.3 Å². The van der Waals surface area contributed by atoms with Crippen molar-refractivity contribution >= 4 is 22.0 Å². The number of amides is 1. The lowest BCUT2D eigenvalue weighted by Crippen LogP contribution is -2.37. The number of anilines is 1. The Morgan fingerprint density at radius 2 is 2.00 bits per heavy atom. The average Bonchev–Trinajstić information content (AvgIpc) is 2.19. The van der Waals surface area contributed by atoms with Gasteiger partial charge in [-0.15, -0.1) is 0 Å². The van der Waals surface area contributed by atoms with Crippen LogP contribution in [0.1, 0.15) is 13.8 Å². The average molecular weight is 295 g/mol. The number of halogens is 2. The number of nitrogens with one attached hydrogen (secondary N) is 2. The summed E-state index contributed by atoms with van der Waals surface area (Å²) < 4.78 is 56.2. The molecule has 0 aromatic carbocycles. The van der Waals surface area contributed by atoms with E-state index in [4.69, 9.17) is 0 Å². The summed E-state index contributed by atoms with van der Waals surface area (Å²) in [6.07, 6.45) is -1.75. The summed E-state index contributed by atoms with van der Waals surface area (Å²) in [6.45, 7) is 3.03. The predicted molar refractivity (Wildman–Crippen MR) is 61.4 cm³/mol. The van der Waals surface area contributed by atoms with Crippen LogP contribution in [0, 0.1) is 11.9 Å². The van der Waals surface area contributed by atoms with Crippen molar-refractivity contribution < 1.29 is 26.7 Å². The van der Waals surface area contributed by atoms with E-state index in [1.54, 1.807) is 4.72 Å². The van der Waals surface area contributed by atoms with Crippen LogP contribution in [0.5, 0.6) is 0 Å². The van der Waals surface area contributed by atoms with Crippen LogP contribution >= 0.6 is 0 Å². The smallest absolute Gasteiger partial charge is 0.422 e. The molecule has 0 bridgehead atoms. The largest absolute Gasteiger partial charge is 0.446 e. The van der Waals surface area contributed by atoms with Gasteiger partial charge in [-0.2, -0.15) is 22.2 Å². The lowest BCUT2D eigenvalue weighted by molar-refractivity contribution is 0.121. The highest BCUT2D eigenvalue weighted by Crippen LogP contribution is 2.12. The standard InChI is InChI=1S/C9H11F2N3O4S/c1-5(2)18-9(15)14-19(16,17)13-6-3-4-7(10)12-8(6)11/h3-5,13H,1-2H3,(H,14,15). The van der Waals surface area contributed by atoms with Crippen molar-refractivity contribution in [3.63, 3.8) is 0 Å². The van der Waals surface area contributed by atoms with E-state index in [9.17, 15) is 22.0 Å². The van der Waals surface area contributed by atoms with Gasteiger partial charge in [0, 0.05) is 0 Å². The number of ether oxygens (including phenoxy) is 1. The molecule has 0 radical (unpaired) electrons. The quantitative estimate of drug-likeness (QED) is 0.812. The van der Waals surface area contributed by atoms with E-state index in [-0.39, 0.29) is 0 Å². The second-order valence-electron chi connectivity index (χ2n) is 3.63. The summed E-state index contributed by atoms with van der Waals surface area (Å²) in [7, 11) is -4.39. The summed E-state index contributed by atoms with van der Waals surface area (Å²) in [6, 6.07) is 1.58. The van der Waals surface area contributed by atoms with Crippen LogP contribution < -0.4 is 9.44 Å². The second kappa shape index (κ2) is 5.78. The minimum Gasteiger partial charge on any atom is -0.446 e. The first kappa shape index (κ1) is 15.1. The zero-order chi connectivity index (χ0) is 14.6. The van der Waals surface area contributed by atoms with Crippen molar-refractivity contribution in [1.29, 1.82) is 0 Å². The Hall–Kier alpha value is -1.97. The highest BCUT2D eigenvalue weighted by molar-refractivity contribution is 7.91. The Morgan fingerprint density at radius 1 is 1.37 bits per heavy atom. The van der Waals surface area contributed by atoms with Gasteiger partial charge in [-0.3, -0.25) is 4.72 Å². The van der Waals surface area contributed by atoms with Crippen LogP contribution in [-0.2, 0) is 14.9 Å². The number of nitrogens with zero attached hydrogens (tertiary/aromatic N) is 1. The molecule has 0 saturated heterocycles. The van der Waals surface area contributed by atoms with Gasteiger partial charge in [0.05, 0.1) is 6.10 Å². The summed E-state index contributed by atoms with van der Waals surface area (Å²) >= 11 is 0. The van der Waals surface area contributed by atoms with Crippen LogP contribution in [0.4, 0.5) is 19.3 Å². The molecule has 1 aromatic heterocycles. The number of aromatic nitrogens is 1. The number of hydrogen-bond acceptors (Lipinski definition) is 5. The maximum absolute atomic E-state index is 13.1. The number of carbonyl (C=O) groups excluding carboxylic acids is 1. The lowest BCUT2D eigenvalue weighted by atomic mass is 10.4. The van der Waals surface area contributed by atoms with Gasteiger partial charge in [0.2, 0.25) is 11.9 Å². The number of carbonyl (C=O) groups is 1. The fourth-order valence-electron chi connectivity index (χ4n) is 1.01. The molecule has 0 aliphatic heterocycles. The molecular formula is C9H11F2N3O4S. The van der Waals surface area contributed by atoms with Crippen molar-refractivity contribution in [2.45, 2.75) is 20.0 Å². The lowest BCUT2D eigenvalue weighted by Gasteiger charge is -2.11. The molecule has 1 rings (SSSR count). The van der Waals surface area contributed by atoms with Gasteiger partial charge < -0.3 is 4.74 Å². The molecule has 0 aliphatic carbocycles. The summed E-state index contributed by atoms with van der Waals surface area (Å²) in [5, 5.41) is 0. The van der Waals surface area contributed by atoms with Crippen molar-refractivity contribution in [3.05, 3.63) is 24.0 Å². The first-order chi connectivity index (χ1) is 8.69. The fourth-order valence-corrected chi connectivity index (χ4v) is 1.77. The van der Waals surface area contributed by atoms with Gasteiger partial charge in [-0.1, -0.05) is 0 Å². The van der Waals surface area contributed by atoms with Gasteiger partial charge in [0.15, 0.2) is 0 Å². The summed E-state index contributed by atoms with van der Waals surface area (Å²) in [5.74, 6) is -2.46. The molecule has 10 heteroatoms. The Kier molecular flexibility index (Phi) is 4.59. The monoisotopic (exact) mass is 295 g/mol. The Balaban J connectivity index is 2.77. The number of hydrogen-bond donors (Lipinski definition) is 2. The minimum atomic E-state index is -4.39. The third kappa shape index (κ3) is 5.04. The molecule has 0 fully saturated rings. The third-order valence-corrected chi connectivity index (χ3v) is 2.54. The summed E-state index contributed by atoms with van der Waals surface area (Å²) in [5.41, 5.74) is -0.605. The maximum Gasteiger partial charge on any atom is 0.422 e. The number of rotatable bonds is 4. The van der Waals surface area contributed by atoms with E-state index < -0.39 is 40.0 Å². The normalized spacial score (nSPS) is 11.2. The molecule has 0 atom stereocenters. The topological polar surface area (TPSA) is 97.4 Å². The molecule has 2 N–H and O–H groups in total. The van der Waals surface area contributed by atoms with Crippen LogP contribution in [0.3, 0.4) is 0 Å². The van der Waals surface area contributed by atoms with Crippen LogP contribution in [0.25, 0.3) is 0 Å². The number of pyridine rings is 1. The van der Waals surface area contributed by atoms with Crippen molar-refractivity contribution in [2.75, 3.05) is 4.72 Å². The molecule has 1 heterocycles. The van der Waals surface area contributed by atoms with Crippen molar-refractivity contribution in [1.82, 2.24) is 9.71 Å². The van der Waals surface area contributed by atoms with Gasteiger partial charge in [-0.25, -0.2) is 9.52 Å². The molecule has 106 valence electrons. The highest BCUT2D eigenvalue weighted by Gasteiger charge is 2.18. The van der Waals surface area contributed by atoms with E-state index in [0.29, 0.717) is 0 Å². The fraction of sp³-hybridized carbons (Fsp3) is 0.333. The molecule has 0 unspecified atom stereocenters. The van der Waals surface area contributed by atoms with Gasteiger partial charge in [-0.05, 0) is 26.0 Å². The molecule has 0 saturated carbocycles. The van der Waals surface area contributed by atoms with E-state index in [1.807, 2.05) is 0 Å². The van der Waals surface area contributed by atoms with Gasteiger partial charge in [0.25, 0.3) is 0 Å². The molecule has 0 aliphatic rings. The molecular weight excluding hydrogens is 284 g/mol. The van der Waals surface area contributed by atoms with Crippen LogP contribution in [-0.4, -0.2) is 25.6 Å². The van der Waals surface area contributed by atoms with Crippen molar-refractivity contribution in [3.8, 4) is 0 Å². The van der Waals surface area contributed by atoms with Crippen molar-refractivity contribution in [2.24, 2.45) is 0 Å². The van der Waals surface area contributed by atoms with Gasteiger partial charge in [0.1, 0.15) is 5.69 Å². The summed E-state index contributed by atoms with van der Waals surface area (Å²) in [4.78, 5) is 13.9. The molecule has 7 nitrogen and oxygen atoms in total. The molecule has 19 heavy (non-hydrogen) atoms. The van der Waals surface area contributed by atoms with E-state index >= 15 is 0 Å². The zero-order valence-electron chi connectivity index (χ0n) is 9.98. The SMILES string of the molecule is CC(C)OC(=O)NS(=O)(=O)Nc1ccc(F)nc1F. The molecule has 1 aromatic rings. The first-order valence-electron chi connectivity index (χ1n) is 5.03. The first-order valence-corrected chi connectivity index (χ1v) is 6.51. The van der Waals surface area contributed by atoms with Crippen LogP contribution in [0.2, 0.25) is 0 Å². The van der Waals surface area contributed by atoms with E-state index in [0.717, 1.165) is 12.1 Å². The molecule has 1 amide bonds. The second-order valence-corrected chi connectivity index (χ2v) is 5.05. The minimum absolute atomic E-state index is 0.528. The third-order valence-electron chi connectivity index (χ3n) is 1.62. The van der Waals surface area contributed by atoms with E-state index in [2.05, 4.69) is 9.72 Å². The van der Waals surface area contributed by atoms with E-state index in [1.165, 1.54) is 18.6 Å². The zero-order valence-corrected chi connectivity index (χ0v) is 10.8. The maximum atomic E-state index is 13.1. The Bertz CT molecular complexity index is 577. The predicted octanol–water partition coefficient (Wildman–Crippen LogP) is 1.15. The van der Waals surface area contributed by atoms with Crippen LogP contribution in [0.15, 0.2) is 12.1 Å². The molecule has 0 spiro atoms.